The van der Waals surface area contributed by atoms with Crippen LogP contribution < -0.4 is 10.5 Å². The molecule has 0 amide bonds. The lowest BCUT2D eigenvalue weighted by atomic mass is 10.0. The van der Waals surface area contributed by atoms with E-state index in [1.54, 1.807) is 18.2 Å². The fourth-order valence-electron chi connectivity index (χ4n) is 1.46. The van der Waals surface area contributed by atoms with Crippen molar-refractivity contribution in [3.8, 4) is 5.75 Å². The zero-order valence-corrected chi connectivity index (χ0v) is 9.01. The van der Waals surface area contributed by atoms with Gasteiger partial charge in [-0.2, -0.15) is 0 Å². The van der Waals surface area contributed by atoms with Crippen LogP contribution in [0.15, 0.2) is 18.2 Å². The number of hydrogen-bond donors (Lipinski definition) is 3. The Labute approximate surface area is 93.5 Å². The number of nitrogens with two attached hydrogens (primary N) is 1. The van der Waals surface area contributed by atoms with Gasteiger partial charge in [-0.1, -0.05) is 6.07 Å². The monoisotopic (exact) mass is 225 g/mol. The highest BCUT2D eigenvalue weighted by Crippen LogP contribution is 2.25. The molecular weight excluding hydrogens is 210 g/mol. The van der Waals surface area contributed by atoms with E-state index >= 15 is 0 Å². The Morgan fingerprint density at radius 2 is 2.25 bits per heavy atom. The minimum absolute atomic E-state index is 0.0743. The third-order valence-electron chi connectivity index (χ3n) is 2.25. The third-order valence-corrected chi connectivity index (χ3v) is 2.25. The van der Waals surface area contributed by atoms with Gasteiger partial charge in [-0.3, -0.25) is 4.79 Å². The van der Waals surface area contributed by atoms with Crippen LogP contribution in [0.25, 0.3) is 0 Å². The lowest BCUT2D eigenvalue weighted by molar-refractivity contribution is -0.136. The molecule has 0 saturated heterocycles. The van der Waals surface area contributed by atoms with Gasteiger partial charge >= 0.3 is 5.97 Å². The van der Waals surface area contributed by atoms with Gasteiger partial charge in [-0.25, -0.2) is 0 Å². The summed E-state index contributed by atoms with van der Waals surface area (Å²) in [4.78, 5) is 10.6. The van der Waals surface area contributed by atoms with Crippen molar-refractivity contribution in [2.24, 2.45) is 5.73 Å². The van der Waals surface area contributed by atoms with Crippen molar-refractivity contribution in [3.05, 3.63) is 29.3 Å². The van der Waals surface area contributed by atoms with Crippen LogP contribution in [0, 0.1) is 0 Å². The number of benzene rings is 1. The molecular formula is C11H15NO4. The summed E-state index contributed by atoms with van der Waals surface area (Å²) in [7, 11) is 1.50. The van der Waals surface area contributed by atoms with Crippen LogP contribution in [-0.2, 0) is 11.2 Å². The molecule has 0 fully saturated rings. The van der Waals surface area contributed by atoms with E-state index in [1.807, 2.05) is 0 Å². The van der Waals surface area contributed by atoms with Gasteiger partial charge in [0.15, 0.2) is 0 Å². The highest BCUT2D eigenvalue weighted by Gasteiger charge is 2.12. The molecule has 1 aromatic carbocycles. The van der Waals surface area contributed by atoms with Crippen LogP contribution >= 0.6 is 0 Å². The molecule has 16 heavy (non-hydrogen) atoms. The van der Waals surface area contributed by atoms with Gasteiger partial charge < -0.3 is 20.7 Å². The second-order valence-electron chi connectivity index (χ2n) is 3.44. The van der Waals surface area contributed by atoms with Crippen molar-refractivity contribution >= 4 is 5.97 Å². The van der Waals surface area contributed by atoms with Crippen molar-refractivity contribution in [2.75, 3.05) is 13.7 Å². The molecule has 88 valence electrons. The zero-order chi connectivity index (χ0) is 12.1. The average Bonchev–Trinajstić information content (AvgIpc) is 2.27. The number of aliphatic hydroxyl groups excluding tert-OH is 1. The molecule has 1 aromatic rings. The van der Waals surface area contributed by atoms with E-state index in [-0.39, 0.29) is 13.0 Å². The molecule has 0 unspecified atom stereocenters. The van der Waals surface area contributed by atoms with Gasteiger partial charge in [0.1, 0.15) is 5.75 Å². The quantitative estimate of drug-likeness (QED) is 0.670. The molecule has 4 N–H and O–H groups in total. The van der Waals surface area contributed by atoms with E-state index in [0.717, 1.165) is 0 Å². The first-order chi connectivity index (χ1) is 7.58. The van der Waals surface area contributed by atoms with Crippen molar-refractivity contribution in [1.29, 1.82) is 0 Å². The molecule has 5 nitrogen and oxygen atoms in total. The predicted molar refractivity (Wildman–Crippen MR) is 58.3 cm³/mol. The van der Waals surface area contributed by atoms with Gasteiger partial charge in [0, 0.05) is 5.56 Å². The number of hydrogen-bond acceptors (Lipinski definition) is 4. The van der Waals surface area contributed by atoms with E-state index in [1.165, 1.54) is 7.11 Å². The highest BCUT2D eigenvalue weighted by molar-refractivity contribution is 5.70. The van der Waals surface area contributed by atoms with E-state index in [2.05, 4.69) is 0 Å². The molecule has 0 aliphatic heterocycles. The first-order valence-electron chi connectivity index (χ1n) is 4.83. The van der Waals surface area contributed by atoms with Crippen molar-refractivity contribution in [2.45, 2.75) is 12.5 Å². The summed E-state index contributed by atoms with van der Waals surface area (Å²) >= 11 is 0. The Kier molecular flexibility index (Phi) is 4.28. The lowest BCUT2D eigenvalue weighted by Gasteiger charge is -2.14. The second-order valence-corrected chi connectivity index (χ2v) is 3.44. The van der Waals surface area contributed by atoms with E-state index in [9.17, 15) is 4.79 Å². The number of carbonyl (C=O) groups is 1. The van der Waals surface area contributed by atoms with Crippen LogP contribution in [0.2, 0.25) is 0 Å². The predicted octanol–water partition coefficient (Wildman–Crippen LogP) is 0.314. The van der Waals surface area contributed by atoms with Gasteiger partial charge in [0.25, 0.3) is 0 Å². The van der Waals surface area contributed by atoms with Crippen LogP contribution in [0.5, 0.6) is 5.75 Å². The summed E-state index contributed by atoms with van der Waals surface area (Å²) in [5.41, 5.74) is 6.94. The minimum Gasteiger partial charge on any atom is -0.496 e. The molecule has 5 heteroatoms. The van der Waals surface area contributed by atoms with Gasteiger partial charge in [-0.05, 0) is 17.7 Å². The summed E-state index contributed by atoms with van der Waals surface area (Å²) < 4.78 is 5.09. The number of rotatable bonds is 5. The average molecular weight is 225 g/mol. The lowest BCUT2D eigenvalue weighted by Crippen LogP contribution is -2.16. The Morgan fingerprint density at radius 1 is 1.56 bits per heavy atom. The largest absolute Gasteiger partial charge is 0.496 e. The number of ether oxygens (including phenoxy) is 1. The Balaban J connectivity index is 3.05. The SMILES string of the molecule is COc1ccc(CC(=O)O)cc1[C@@H](N)CO. The Bertz CT molecular complexity index is 378. The highest BCUT2D eigenvalue weighted by atomic mass is 16.5. The molecule has 0 aromatic heterocycles. The van der Waals surface area contributed by atoms with Crippen LogP contribution in [0.3, 0.4) is 0 Å². The minimum atomic E-state index is -0.909. The first kappa shape index (κ1) is 12.5. The van der Waals surface area contributed by atoms with Crippen molar-refractivity contribution in [3.63, 3.8) is 0 Å². The number of carboxylic acids is 1. The molecule has 0 heterocycles. The Hall–Kier alpha value is -1.59. The summed E-state index contributed by atoms with van der Waals surface area (Å²) in [5.74, 6) is -0.357. The summed E-state index contributed by atoms with van der Waals surface area (Å²) in [6.07, 6.45) is -0.0743. The zero-order valence-electron chi connectivity index (χ0n) is 9.01. The van der Waals surface area contributed by atoms with E-state index < -0.39 is 12.0 Å². The fourth-order valence-corrected chi connectivity index (χ4v) is 1.46. The number of aliphatic hydroxyl groups is 1. The fraction of sp³-hybridized carbons (Fsp3) is 0.364. The molecule has 0 radical (unpaired) electrons. The summed E-state index contributed by atoms with van der Waals surface area (Å²) in [6, 6.07) is 4.40. The first-order valence-corrected chi connectivity index (χ1v) is 4.83. The smallest absolute Gasteiger partial charge is 0.307 e. The van der Waals surface area contributed by atoms with Gasteiger partial charge in [-0.15, -0.1) is 0 Å². The topological polar surface area (TPSA) is 92.8 Å². The molecule has 0 aliphatic rings. The van der Waals surface area contributed by atoms with E-state index in [4.69, 9.17) is 20.7 Å². The van der Waals surface area contributed by atoms with Crippen LogP contribution in [0.4, 0.5) is 0 Å². The second kappa shape index (κ2) is 5.48. The van der Waals surface area contributed by atoms with Crippen LogP contribution in [0.1, 0.15) is 17.2 Å². The normalized spacial score (nSPS) is 12.2. The summed E-state index contributed by atoms with van der Waals surface area (Å²) in [6.45, 7) is -0.215. The molecule has 1 atom stereocenters. The maximum atomic E-state index is 10.6. The number of aliphatic carboxylic acids is 1. The van der Waals surface area contributed by atoms with Gasteiger partial charge in [0.05, 0.1) is 26.2 Å². The maximum absolute atomic E-state index is 10.6. The molecule has 0 bridgehead atoms. The molecule has 0 spiro atoms. The number of methoxy groups -OCH3 is 1. The Morgan fingerprint density at radius 3 is 2.75 bits per heavy atom. The summed E-state index contributed by atoms with van der Waals surface area (Å²) in [5, 5.41) is 17.7. The van der Waals surface area contributed by atoms with Crippen molar-refractivity contribution < 1.29 is 19.7 Å². The van der Waals surface area contributed by atoms with Crippen molar-refractivity contribution in [1.82, 2.24) is 0 Å². The third kappa shape index (κ3) is 2.95. The van der Waals surface area contributed by atoms with Gasteiger partial charge in [0.2, 0.25) is 0 Å². The molecule has 1 rings (SSSR count). The maximum Gasteiger partial charge on any atom is 0.307 e. The molecule has 0 saturated carbocycles. The standard InChI is InChI=1S/C11H15NO4/c1-16-10-3-2-7(5-11(14)15)4-8(10)9(12)6-13/h2-4,9,13H,5-6,12H2,1H3,(H,14,15)/t9-/m0/s1. The van der Waals surface area contributed by atoms with E-state index in [0.29, 0.717) is 16.9 Å². The molecule has 0 aliphatic carbocycles. The number of carboxylic acid groups (broad SMARTS) is 1. The van der Waals surface area contributed by atoms with Crippen LogP contribution in [-0.4, -0.2) is 29.9 Å².